The van der Waals surface area contributed by atoms with Crippen molar-refractivity contribution in [3.63, 3.8) is 0 Å². The van der Waals surface area contributed by atoms with E-state index in [0.717, 1.165) is 11.5 Å². The van der Waals surface area contributed by atoms with Gasteiger partial charge in [0.05, 0.1) is 11.1 Å². The second kappa shape index (κ2) is 7.78. The molecule has 2 heterocycles. The van der Waals surface area contributed by atoms with Crippen LogP contribution in [0.4, 0.5) is 19.0 Å². The molecule has 30 heavy (non-hydrogen) atoms. The minimum Gasteiger partial charge on any atom is -0.352 e. The zero-order valence-corrected chi connectivity index (χ0v) is 16.1. The van der Waals surface area contributed by atoms with Crippen molar-refractivity contribution >= 4 is 22.6 Å². The van der Waals surface area contributed by atoms with Crippen molar-refractivity contribution in [3.8, 4) is 11.1 Å². The van der Waals surface area contributed by atoms with Gasteiger partial charge >= 0.3 is 6.18 Å². The summed E-state index contributed by atoms with van der Waals surface area (Å²) in [5.41, 5.74) is 0.450. The molecule has 0 bridgehead atoms. The van der Waals surface area contributed by atoms with Gasteiger partial charge in [-0.15, -0.1) is 0 Å². The molecule has 0 aliphatic carbocycles. The number of piperazine rings is 1. The van der Waals surface area contributed by atoms with E-state index in [4.69, 9.17) is 0 Å². The fourth-order valence-corrected chi connectivity index (χ4v) is 3.71. The quantitative estimate of drug-likeness (QED) is 0.607. The highest BCUT2D eigenvalue weighted by Gasteiger charge is 2.33. The van der Waals surface area contributed by atoms with Crippen molar-refractivity contribution in [1.29, 1.82) is 0 Å². The van der Waals surface area contributed by atoms with Crippen molar-refractivity contribution in [3.05, 3.63) is 67.0 Å². The molecule has 1 aromatic heterocycles. The molecule has 2 aromatic carbocycles. The zero-order valence-electron chi connectivity index (χ0n) is 16.1. The molecule has 1 aliphatic rings. The van der Waals surface area contributed by atoms with Gasteiger partial charge in [-0.1, -0.05) is 30.8 Å². The van der Waals surface area contributed by atoms with Gasteiger partial charge < -0.3 is 9.80 Å². The van der Waals surface area contributed by atoms with Gasteiger partial charge in [-0.3, -0.25) is 4.79 Å². The van der Waals surface area contributed by atoms with Gasteiger partial charge in [0.15, 0.2) is 0 Å². The molecule has 1 saturated heterocycles. The van der Waals surface area contributed by atoms with Gasteiger partial charge in [0, 0.05) is 31.6 Å². The second-order valence-corrected chi connectivity index (χ2v) is 6.99. The Balaban J connectivity index is 1.68. The summed E-state index contributed by atoms with van der Waals surface area (Å²) >= 11 is 0. The van der Waals surface area contributed by atoms with Crippen LogP contribution in [0.2, 0.25) is 0 Å². The summed E-state index contributed by atoms with van der Waals surface area (Å²) in [5, 5.41) is 0.759. The Hall–Kier alpha value is -3.42. The smallest absolute Gasteiger partial charge is 0.352 e. The van der Waals surface area contributed by atoms with Crippen LogP contribution in [0.5, 0.6) is 0 Å². The summed E-state index contributed by atoms with van der Waals surface area (Å²) in [5.74, 6) is 0.608. The first-order valence-corrected chi connectivity index (χ1v) is 9.46. The number of aromatic nitrogens is 2. The van der Waals surface area contributed by atoms with Crippen LogP contribution < -0.4 is 4.90 Å². The van der Waals surface area contributed by atoms with E-state index in [1.807, 2.05) is 0 Å². The van der Waals surface area contributed by atoms with Crippen molar-refractivity contribution in [2.45, 2.75) is 6.18 Å². The Labute approximate surface area is 171 Å². The summed E-state index contributed by atoms with van der Waals surface area (Å²) in [6.07, 6.45) is -1.72. The molecule has 0 unspecified atom stereocenters. The van der Waals surface area contributed by atoms with Gasteiger partial charge in [0.25, 0.3) is 0 Å². The van der Waals surface area contributed by atoms with E-state index in [1.54, 1.807) is 29.2 Å². The highest BCUT2D eigenvalue weighted by molar-refractivity contribution is 5.93. The lowest BCUT2D eigenvalue weighted by atomic mass is 9.98. The molecular formula is C22H19F3N4O. The first-order valence-electron chi connectivity index (χ1n) is 9.46. The van der Waals surface area contributed by atoms with E-state index in [0.29, 0.717) is 43.1 Å². The third-order valence-electron chi connectivity index (χ3n) is 5.22. The maximum atomic E-state index is 13.4. The van der Waals surface area contributed by atoms with E-state index in [1.165, 1.54) is 24.5 Å². The normalized spacial score (nSPS) is 14.8. The third kappa shape index (κ3) is 3.72. The number of alkyl halides is 3. The monoisotopic (exact) mass is 412 g/mol. The maximum Gasteiger partial charge on any atom is 0.417 e. The Morgan fingerprint density at radius 1 is 1.03 bits per heavy atom. The number of halogens is 3. The molecular weight excluding hydrogens is 393 g/mol. The predicted octanol–water partition coefficient (Wildman–Crippen LogP) is 4.15. The van der Waals surface area contributed by atoms with E-state index >= 15 is 0 Å². The zero-order chi connectivity index (χ0) is 21.3. The van der Waals surface area contributed by atoms with Gasteiger partial charge in [-0.05, 0) is 35.4 Å². The van der Waals surface area contributed by atoms with E-state index in [-0.39, 0.29) is 11.5 Å². The molecule has 0 radical (unpaired) electrons. The minimum atomic E-state index is -4.44. The lowest BCUT2D eigenvalue weighted by Crippen LogP contribution is -2.48. The van der Waals surface area contributed by atoms with Crippen LogP contribution in [0, 0.1) is 0 Å². The largest absolute Gasteiger partial charge is 0.417 e. The summed E-state index contributed by atoms with van der Waals surface area (Å²) in [6, 6.07) is 10.6. The standard InChI is InChI=1S/C22H19F3N4O/c1-2-20(30)28-9-11-29(12-10-28)21-17-8-7-15(13-19(17)26-14-27-21)16-5-3-4-6-18(16)22(23,24)25/h2-8,13-14H,1,9-12H2. The van der Waals surface area contributed by atoms with Crippen LogP contribution in [0.15, 0.2) is 61.4 Å². The van der Waals surface area contributed by atoms with Gasteiger partial charge in [0.1, 0.15) is 12.1 Å². The highest BCUT2D eigenvalue weighted by atomic mass is 19.4. The number of rotatable bonds is 3. The summed E-state index contributed by atoms with van der Waals surface area (Å²) in [4.78, 5) is 24.2. The highest BCUT2D eigenvalue weighted by Crippen LogP contribution is 2.38. The number of hydrogen-bond donors (Lipinski definition) is 0. The van der Waals surface area contributed by atoms with Crippen molar-refractivity contribution in [2.24, 2.45) is 0 Å². The number of carbonyl (C=O) groups excluding carboxylic acids is 1. The SMILES string of the molecule is C=CC(=O)N1CCN(c2ncnc3cc(-c4ccccc4C(F)(F)F)ccc23)CC1. The molecule has 0 spiro atoms. The molecule has 0 atom stereocenters. The molecule has 3 aromatic rings. The average molecular weight is 412 g/mol. The number of amides is 1. The first-order chi connectivity index (χ1) is 14.4. The van der Waals surface area contributed by atoms with Crippen LogP contribution >= 0.6 is 0 Å². The van der Waals surface area contributed by atoms with Crippen molar-refractivity contribution in [1.82, 2.24) is 14.9 Å². The van der Waals surface area contributed by atoms with Crippen LogP contribution in [0.3, 0.4) is 0 Å². The molecule has 4 rings (SSSR count). The minimum absolute atomic E-state index is 0.102. The lowest BCUT2D eigenvalue weighted by Gasteiger charge is -2.35. The molecule has 8 heteroatoms. The number of benzene rings is 2. The first kappa shape index (κ1) is 19.9. The van der Waals surface area contributed by atoms with Gasteiger partial charge in [-0.2, -0.15) is 13.2 Å². The van der Waals surface area contributed by atoms with Crippen molar-refractivity contribution < 1.29 is 18.0 Å². The Bertz CT molecular complexity index is 1100. The summed E-state index contributed by atoms with van der Waals surface area (Å²) in [6.45, 7) is 5.81. The summed E-state index contributed by atoms with van der Waals surface area (Å²) in [7, 11) is 0. The number of hydrogen-bond acceptors (Lipinski definition) is 4. The Morgan fingerprint density at radius 2 is 1.77 bits per heavy atom. The number of carbonyl (C=O) groups is 1. The molecule has 0 N–H and O–H groups in total. The molecule has 5 nitrogen and oxygen atoms in total. The number of fused-ring (bicyclic) bond motifs is 1. The Kier molecular flexibility index (Phi) is 5.15. The molecule has 0 saturated carbocycles. The topological polar surface area (TPSA) is 49.3 Å². The van der Waals surface area contributed by atoms with Crippen LogP contribution in [-0.2, 0) is 11.0 Å². The molecule has 1 amide bonds. The molecule has 154 valence electrons. The Morgan fingerprint density at radius 3 is 2.47 bits per heavy atom. The average Bonchev–Trinajstić information content (AvgIpc) is 2.77. The number of nitrogens with zero attached hydrogens (tertiary/aromatic N) is 4. The predicted molar refractivity (Wildman–Crippen MR) is 109 cm³/mol. The molecule has 1 aliphatic heterocycles. The van der Waals surface area contributed by atoms with Gasteiger partial charge in [-0.25, -0.2) is 9.97 Å². The third-order valence-corrected chi connectivity index (χ3v) is 5.22. The van der Waals surface area contributed by atoms with Crippen LogP contribution in [0.25, 0.3) is 22.0 Å². The van der Waals surface area contributed by atoms with Crippen LogP contribution in [-0.4, -0.2) is 47.0 Å². The van der Waals surface area contributed by atoms with Crippen molar-refractivity contribution in [2.75, 3.05) is 31.1 Å². The van der Waals surface area contributed by atoms with E-state index in [2.05, 4.69) is 21.4 Å². The second-order valence-electron chi connectivity index (χ2n) is 6.99. The fraction of sp³-hybridized carbons (Fsp3) is 0.227. The maximum absolute atomic E-state index is 13.4. The summed E-state index contributed by atoms with van der Waals surface area (Å²) < 4.78 is 40.2. The number of anilines is 1. The fourth-order valence-electron chi connectivity index (χ4n) is 3.71. The molecule has 1 fully saturated rings. The van der Waals surface area contributed by atoms with E-state index < -0.39 is 11.7 Å². The van der Waals surface area contributed by atoms with Gasteiger partial charge in [0.2, 0.25) is 5.91 Å². The lowest BCUT2D eigenvalue weighted by molar-refractivity contribution is -0.137. The van der Waals surface area contributed by atoms with Crippen LogP contribution in [0.1, 0.15) is 5.56 Å². The van der Waals surface area contributed by atoms with E-state index in [9.17, 15) is 18.0 Å².